The summed E-state index contributed by atoms with van der Waals surface area (Å²) in [6.45, 7) is 10.5. The number of sulfonamides is 1. The molecule has 0 spiro atoms. The van der Waals surface area contributed by atoms with Crippen LogP contribution in [0.2, 0.25) is 0 Å². The van der Waals surface area contributed by atoms with E-state index in [0.717, 1.165) is 57.3 Å². The Kier molecular flexibility index (Phi) is 12.7. The Morgan fingerprint density at radius 3 is 2.44 bits per heavy atom. The van der Waals surface area contributed by atoms with Crippen molar-refractivity contribution in [3.05, 3.63) is 124 Å². The molecule has 0 atom stereocenters. The summed E-state index contributed by atoms with van der Waals surface area (Å²) in [4.78, 5) is 35.6. The average molecular weight is 864 g/mol. The van der Waals surface area contributed by atoms with E-state index >= 15 is 0 Å². The van der Waals surface area contributed by atoms with E-state index < -0.39 is 37.2 Å². The number of fused-ring (bicyclic) bond motifs is 1. The molecule has 15 heteroatoms. The van der Waals surface area contributed by atoms with Crippen molar-refractivity contribution < 1.29 is 27.3 Å². The number of halogens is 1. The minimum atomic E-state index is -4.78. The molecule has 13 nitrogen and oxygen atoms in total. The average Bonchev–Trinajstić information content (AvgIpc) is 3.97. The summed E-state index contributed by atoms with van der Waals surface area (Å²) in [5, 5.41) is 17.4. The second kappa shape index (κ2) is 18.3. The Morgan fingerprint density at radius 1 is 0.935 bits per heavy atom. The molecule has 3 heterocycles. The van der Waals surface area contributed by atoms with Crippen molar-refractivity contribution in [1.29, 1.82) is 0 Å². The molecule has 4 aromatic carbocycles. The Bertz CT molecular complexity index is 2580. The number of hydrogen-bond donors (Lipinski definition) is 3. The molecule has 0 saturated carbocycles. The number of rotatable bonds is 15. The molecule has 1 aromatic heterocycles. The first-order chi connectivity index (χ1) is 29.8. The Morgan fingerprint density at radius 2 is 1.69 bits per heavy atom. The molecule has 0 unspecified atom stereocenters. The number of H-pyrrole nitrogens is 1. The summed E-state index contributed by atoms with van der Waals surface area (Å²) in [7, 11) is -4.78. The first-order valence-electron chi connectivity index (χ1n) is 21.5. The van der Waals surface area contributed by atoms with Gasteiger partial charge in [-0.1, -0.05) is 55.8 Å². The van der Waals surface area contributed by atoms with Gasteiger partial charge in [-0.2, -0.15) is 0 Å². The van der Waals surface area contributed by atoms with Crippen molar-refractivity contribution in [2.24, 2.45) is 5.41 Å². The number of ether oxygens (including phenoxy) is 1. The number of nitro groups is 1. The Hall–Kier alpha value is -5.77. The van der Waals surface area contributed by atoms with Gasteiger partial charge < -0.3 is 24.8 Å². The number of amides is 1. The summed E-state index contributed by atoms with van der Waals surface area (Å²) in [6, 6.07) is 23.0. The third kappa shape index (κ3) is 9.64. The largest absolute Gasteiger partial charge is 0.448 e. The highest BCUT2D eigenvalue weighted by Gasteiger charge is 2.38. The van der Waals surface area contributed by atoms with Crippen molar-refractivity contribution in [1.82, 2.24) is 19.5 Å². The normalized spacial score (nSPS) is 17.4. The predicted octanol–water partition coefficient (Wildman–Crippen LogP) is 8.81. The minimum absolute atomic E-state index is 0.0824. The fourth-order valence-electron chi connectivity index (χ4n) is 9.02. The van der Waals surface area contributed by atoms with E-state index in [2.05, 4.69) is 38.7 Å². The van der Waals surface area contributed by atoms with Crippen molar-refractivity contribution in [2.75, 3.05) is 69.1 Å². The van der Waals surface area contributed by atoms with Crippen LogP contribution in [0.1, 0.15) is 68.3 Å². The molecular formula is C47H54FN7O6S. The lowest BCUT2D eigenvalue weighted by Gasteiger charge is -2.40. The lowest BCUT2D eigenvalue weighted by atomic mass is 9.72. The summed E-state index contributed by atoms with van der Waals surface area (Å²) in [5.74, 6) is -1.44. The maximum Gasteiger partial charge on any atom is 0.338 e. The van der Waals surface area contributed by atoms with Gasteiger partial charge in [-0.05, 0) is 123 Å². The lowest BCUT2D eigenvalue weighted by molar-refractivity contribution is -0.384. The molecule has 0 bridgehead atoms. The van der Waals surface area contributed by atoms with E-state index in [1.54, 1.807) is 54.7 Å². The summed E-state index contributed by atoms with van der Waals surface area (Å²) >= 11 is 0. The van der Waals surface area contributed by atoms with Gasteiger partial charge in [0.25, 0.3) is 15.9 Å². The summed E-state index contributed by atoms with van der Waals surface area (Å²) in [6.07, 6.45) is 7.44. The van der Waals surface area contributed by atoms with Crippen LogP contribution in [0.15, 0.2) is 102 Å². The maximum absolute atomic E-state index is 14.5. The molecular weight excluding hydrogens is 810 g/mol. The van der Waals surface area contributed by atoms with Crippen LogP contribution in [0.25, 0.3) is 16.5 Å². The molecule has 8 rings (SSSR count). The van der Waals surface area contributed by atoms with Crippen LogP contribution in [0.3, 0.4) is 0 Å². The number of nitrogens with one attached hydrogen (secondary N) is 3. The van der Waals surface area contributed by atoms with Crippen molar-refractivity contribution in [2.45, 2.75) is 57.3 Å². The molecule has 2 saturated heterocycles. The number of aromatic amines is 1. The highest BCUT2D eigenvalue weighted by atomic mass is 32.2. The van der Waals surface area contributed by atoms with Gasteiger partial charge in [-0.3, -0.25) is 19.8 Å². The number of nitro benzene ring substituents is 1. The molecule has 3 N–H and O–H groups in total. The number of nitrogens with zero attached hydrogens (tertiary/aromatic N) is 4. The van der Waals surface area contributed by atoms with Crippen LogP contribution in [0.5, 0.6) is 11.5 Å². The van der Waals surface area contributed by atoms with Gasteiger partial charge in [-0.25, -0.2) is 17.5 Å². The zero-order chi connectivity index (χ0) is 43.4. The first kappa shape index (κ1) is 42.9. The zero-order valence-corrected chi connectivity index (χ0v) is 36.1. The van der Waals surface area contributed by atoms with Crippen LogP contribution in [0.4, 0.5) is 21.5 Å². The second-order valence-corrected chi connectivity index (χ2v) is 19.0. The quantitative estimate of drug-likeness (QED) is 0.0529. The number of carbonyl (C=O) groups excluding carboxylic acids is 1. The van der Waals surface area contributed by atoms with E-state index in [1.807, 2.05) is 17.0 Å². The fourth-order valence-corrected chi connectivity index (χ4v) is 10.1. The topological polar surface area (TPSA) is 153 Å². The van der Waals surface area contributed by atoms with E-state index in [9.17, 15) is 27.7 Å². The Balaban J connectivity index is 1.17. The maximum atomic E-state index is 14.5. The number of piperazine rings is 1. The van der Waals surface area contributed by atoms with E-state index in [1.165, 1.54) is 35.4 Å². The van der Waals surface area contributed by atoms with Crippen LogP contribution >= 0.6 is 0 Å². The van der Waals surface area contributed by atoms with Crippen LogP contribution in [-0.4, -0.2) is 92.9 Å². The van der Waals surface area contributed by atoms with Gasteiger partial charge >= 0.3 is 5.69 Å². The van der Waals surface area contributed by atoms with Crippen LogP contribution in [-0.2, 0) is 10.0 Å². The highest BCUT2D eigenvalue weighted by molar-refractivity contribution is 7.90. The third-order valence-corrected chi connectivity index (χ3v) is 13.7. The predicted molar refractivity (Wildman–Crippen MR) is 241 cm³/mol. The number of allylic oxidation sites excluding steroid dienone is 1. The van der Waals surface area contributed by atoms with Gasteiger partial charge in [0.05, 0.1) is 10.6 Å². The SMILES string of the molecule is CC1(C)CCC(CN2CCN(c3cc(S(=O)(=O)NC(=O)c4ccccc4)c(Oc4cccc5[nH]ccc45)c([N+](=O)[O-])c3NCCCN3CCCC3)CC2)=C(c2cccc(F)c2)C1. The number of aromatic nitrogens is 1. The van der Waals surface area contributed by atoms with Crippen molar-refractivity contribution in [3.63, 3.8) is 0 Å². The third-order valence-electron chi connectivity index (χ3n) is 12.3. The van der Waals surface area contributed by atoms with Gasteiger partial charge in [0.2, 0.25) is 5.75 Å². The number of hydrogen-bond acceptors (Lipinski definition) is 10. The monoisotopic (exact) mass is 863 g/mol. The second-order valence-electron chi connectivity index (χ2n) is 17.3. The van der Waals surface area contributed by atoms with Crippen molar-refractivity contribution >= 4 is 49.5 Å². The van der Waals surface area contributed by atoms with Gasteiger partial charge in [0.1, 0.15) is 22.1 Å². The number of anilines is 2. The van der Waals surface area contributed by atoms with Gasteiger partial charge in [-0.15, -0.1) is 0 Å². The van der Waals surface area contributed by atoms with E-state index in [-0.39, 0.29) is 28.2 Å². The molecule has 1 aliphatic carbocycles. The lowest BCUT2D eigenvalue weighted by Crippen LogP contribution is -2.47. The molecule has 1 amide bonds. The molecule has 2 fully saturated rings. The summed E-state index contributed by atoms with van der Waals surface area (Å²) in [5.41, 5.74) is 4.18. The smallest absolute Gasteiger partial charge is 0.338 e. The summed E-state index contributed by atoms with van der Waals surface area (Å²) < 4.78 is 52.1. The number of benzene rings is 4. The van der Waals surface area contributed by atoms with Crippen LogP contribution in [0, 0.1) is 21.3 Å². The zero-order valence-electron chi connectivity index (χ0n) is 35.3. The molecule has 0 radical (unpaired) electrons. The molecule has 3 aliphatic rings. The molecule has 5 aromatic rings. The Labute approximate surface area is 362 Å². The standard InChI is InChI=1S/C47H54FN7O6S/c1-47(2)19-17-35(38(31-47)34-13-8-14-36(48)29-34)32-53-25-27-54(28-26-53)40-30-42(62(59,60)51-46(56)33-11-4-3-5-12-33)45(61-41-16-9-15-39-37(41)18-21-49-39)44(55(57)58)43(40)50-20-10-24-52-22-6-7-23-52/h3-5,8-9,11-16,18,21,29-30,49-50H,6-7,10,17,19-20,22-28,31-32H2,1-2H3,(H,51,56). The van der Waals surface area contributed by atoms with Gasteiger partial charge in [0, 0.05) is 61.9 Å². The molecule has 2 aliphatic heterocycles. The van der Waals surface area contributed by atoms with Crippen molar-refractivity contribution in [3.8, 4) is 11.5 Å². The van der Waals surface area contributed by atoms with E-state index in [0.29, 0.717) is 62.3 Å². The number of carbonyl (C=O) groups is 1. The molecule has 62 heavy (non-hydrogen) atoms. The highest BCUT2D eigenvalue weighted by Crippen LogP contribution is 2.49. The van der Waals surface area contributed by atoms with Crippen LogP contribution < -0.4 is 19.7 Å². The molecule has 326 valence electrons. The van der Waals surface area contributed by atoms with E-state index in [4.69, 9.17) is 4.74 Å². The fraction of sp³-hybridized carbons (Fsp3) is 0.383. The van der Waals surface area contributed by atoms with Gasteiger partial charge in [0.15, 0.2) is 0 Å². The number of likely N-dealkylation sites (tertiary alicyclic amines) is 1. The first-order valence-corrected chi connectivity index (χ1v) is 23.0. The minimum Gasteiger partial charge on any atom is -0.448 e.